The number of benzene rings is 3. The Balaban J connectivity index is 1.72. The first-order valence-electron chi connectivity index (χ1n) is 11.2. The Morgan fingerprint density at radius 2 is 1.76 bits per heavy atom. The second kappa shape index (κ2) is 12.1. The lowest BCUT2D eigenvalue weighted by atomic mass is 10.00. The zero-order chi connectivity index (χ0) is 24.3. The predicted molar refractivity (Wildman–Crippen MR) is 135 cm³/mol. The van der Waals surface area contributed by atoms with Crippen molar-refractivity contribution in [2.45, 2.75) is 26.7 Å². The Bertz CT molecular complexity index is 1190. The number of carbonyl (C=O) groups is 1. The molecule has 4 N–H and O–H groups in total. The van der Waals surface area contributed by atoms with Gasteiger partial charge in [0.15, 0.2) is 6.73 Å². The molecule has 6 heteroatoms. The standard InChI is InChI=1S/C28H29N3O3/c1-3-20-16-23(11-10-21-8-6-5-7-9-21)27(33-4-2)24(17-20)18-26(32)34-19-31-25-14-12-22(13-15-25)28(29)30/h5-9,12-17,31H,3-4,18-19H2,1-2H3,(H3,29,30). The summed E-state index contributed by atoms with van der Waals surface area (Å²) in [6.07, 6.45) is 0.889. The van der Waals surface area contributed by atoms with Gasteiger partial charge >= 0.3 is 5.97 Å². The molecule has 0 spiro atoms. The van der Waals surface area contributed by atoms with Gasteiger partial charge in [-0.3, -0.25) is 10.2 Å². The van der Waals surface area contributed by atoms with Crippen molar-refractivity contribution in [2.75, 3.05) is 18.7 Å². The zero-order valence-corrected chi connectivity index (χ0v) is 19.5. The molecule has 3 aromatic rings. The van der Waals surface area contributed by atoms with Crippen LogP contribution in [0.1, 0.15) is 41.7 Å². The minimum Gasteiger partial charge on any atom is -0.492 e. The summed E-state index contributed by atoms with van der Waals surface area (Å²) in [5.74, 6) is 6.65. The molecule has 0 amide bonds. The van der Waals surface area contributed by atoms with Crippen molar-refractivity contribution in [2.24, 2.45) is 5.73 Å². The lowest BCUT2D eigenvalue weighted by Crippen LogP contribution is -2.15. The van der Waals surface area contributed by atoms with Gasteiger partial charge in [-0.1, -0.05) is 43.0 Å². The smallest absolute Gasteiger partial charge is 0.312 e. The van der Waals surface area contributed by atoms with Crippen molar-refractivity contribution in [1.29, 1.82) is 5.41 Å². The van der Waals surface area contributed by atoms with Crippen molar-refractivity contribution in [3.8, 4) is 17.6 Å². The van der Waals surface area contributed by atoms with Crippen LogP contribution >= 0.6 is 0 Å². The van der Waals surface area contributed by atoms with Gasteiger partial charge in [0.05, 0.1) is 18.6 Å². The first-order valence-corrected chi connectivity index (χ1v) is 11.2. The summed E-state index contributed by atoms with van der Waals surface area (Å²) in [5, 5.41) is 10.5. The molecule has 0 aromatic heterocycles. The largest absolute Gasteiger partial charge is 0.492 e. The molecule has 0 aliphatic heterocycles. The monoisotopic (exact) mass is 455 g/mol. The summed E-state index contributed by atoms with van der Waals surface area (Å²) in [7, 11) is 0. The number of amidine groups is 1. The third kappa shape index (κ3) is 6.88. The van der Waals surface area contributed by atoms with Crippen molar-refractivity contribution < 1.29 is 14.3 Å². The molecule has 0 aliphatic rings. The Hall–Kier alpha value is -4.24. The molecule has 0 heterocycles. The molecular weight excluding hydrogens is 426 g/mol. The summed E-state index contributed by atoms with van der Waals surface area (Å²) in [5.41, 5.74) is 10.4. The fourth-order valence-electron chi connectivity index (χ4n) is 3.33. The minimum absolute atomic E-state index is 0.00483. The highest BCUT2D eigenvalue weighted by atomic mass is 16.5. The fourth-order valence-corrected chi connectivity index (χ4v) is 3.33. The maximum atomic E-state index is 12.6. The molecule has 0 aliphatic carbocycles. The second-order valence-electron chi connectivity index (χ2n) is 7.54. The summed E-state index contributed by atoms with van der Waals surface area (Å²) in [6.45, 7) is 4.46. The molecule has 0 saturated carbocycles. The summed E-state index contributed by atoms with van der Waals surface area (Å²) in [6, 6.07) is 20.8. The van der Waals surface area contributed by atoms with Crippen LogP contribution < -0.4 is 15.8 Å². The summed E-state index contributed by atoms with van der Waals surface area (Å²) in [4.78, 5) is 12.6. The molecule has 0 radical (unpaired) electrons. The first-order chi connectivity index (χ1) is 16.5. The number of nitrogens with one attached hydrogen (secondary N) is 2. The Morgan fingerprint density at radius 1 is 1.03 bits per heavy atom. The number of esters is 1. The molecule has 3 aromatic carbocycles. The highest BCUT2D eigenvalue weighted by Crippen LogP contribution is 2.27. The Kier molecular flexibility index (Phi) is 8.70. The average molecular weight is 456 g/mol. The van der Waals surface area contributed by atoms with Crippen molar-refractivity contribution >= 4 is 17.5 Å². The fraction of sp³-hybridized carbons (Fsp3) is 0.214. The van der Waals surface area contributed by atoms with Gasteiger partial charge in [-0.25, -0.2) is 0 Å². The van der Waals surface area contributed by atoms with Gasteiger partial charge in [-0.2, -0.15) is 0 Å². The molecule has 34 heavy (non-hydrogen) atoms. The molecule has 0 saturated heterocycles. The van der Waals surface area contributed by atoms with Gasteiger partial charge in [-0.05, 0) is 61.4 Å². The topological polar surface area (TPSA) is 97.4 Å². The van der Waals surface area contributed by atoms with Crippen LogP contribution in [0.15, 0.2) is 66.7 Å². The molecule has 6 nitrogen and oxygen atoms in total. The predicted octanol–water partition coefficient (Wildman–Crippen LogP) is 4.49. The van der Waals surface area contributed by atoms with Crippen LogP contribution in [-0.2, 0) is 22.4 Å². The van der Waals surface area contributed by atoms with E-state index in [9.17, 15) is 4.79 Å². The number of hydrogen-bond donors (Lipinski definition) is 3. The van der Waals surface area contributed by atoms with Gasteiger partial charge in [0.25, 0.3) is 0 Å². The van der Waals surface area contributed by atoms with E-state index < -0.39 is 0 Å². The number of nitrogen functional groups attached to an aromatic ring is 1. The number of carbonyl (C=O) groups excluding carboxylic acids is 1. The van der Waals surface area contributed by atoms with Gasteiger partial charge in [0.1, 0.15) is 11.6 Å². The van der Waals surface area contributed by atoms with Crippen molar-refractivity contribution in [1.82, 2.24) is 0 Å². The molecule has 174 valence electrons. The van der Waals surface area contributed by atoms with Gasteiger partial charge in [0, 0.05) is 22.4 Å². The van der Waals surface area contributed by atoms with Crippen LogP contribution in [0.3, 0.4) is 0 Å². The average Bonchev–Trinajstić information content (AvgIpc) is 2.85. The van der Waals surface area contributed by atoms with Crippen molar-refractivity contribution in [3.63, 3.8) is 0 Å². The van der Waals surface area contributed by atoms with E-state index in [-0.39, 0.29) is 25.0 Å². The van der Waals surface area contributed by atoms with Gasteiger partial charge in [0.2, 0.25) is 0 Å². The van der Waals surface area contributed by atoms with E-state index >= 15 is 0 Å². The quantitative estimate of drug-likeness (QED) is 0.145. The molecule has 0 atom stereocenters. The third-order valence-corrected chi connectivity index (χ3v) is 5.08. The number of ether oxygens (including phenoxy) is 2. The van der Waals surface area contributed by atoms with Crippen LogP contribution in [0.25, 0.3) is 0 Å². The Labute approximate surface area is 200 Å². The number of anilines is 1. The van der Waals surface area contributed by atoms with E-state index in [0.29, 0.717) is 17.9 Å². The van der Waals surface area contributed by atoms with Crippen LogP contribution in [0, 0.1) is 17.3 Å². The normalized spacial score (nSPS) is 10.1. The highest BCUT2D eigenvalue weighted by Gasteiger charge is 2.15. The molecule has 3 rings (SSSR count). The maximum absolute atomic E-state index is 12.6. The van der Waals surface area contributed by atoms with E-state index in [1.165, 1.54) is 0 Å². The second-order valence-corrected chi connectivity index (χ2v) is 7.54. The lowest BCUT2D eigenvalue weighted by Gasteiger charge is -2.15. The van der Waals surface area contributed by atoms with E-state index in [4.69, 9.17) is 20.6 Å². The molecule has 0 unspecified atom stereocenters. The van der Waals surface area contributed by atoms with Gasteiger partial charge in [-0.15, -0.1) is 0 Å². The lowest BCUT2D eigenvalue weighted by molar-refractivity contribution is -0.142. The van der Waals surface area contributed by atoms with E-state index in [1.807, 2.05) is 49.4 Å². The number of rotatable bonds is 9. The Morgan fingerprint density at radius 3 is 2.41 bits per heavy atom. The van der Waals surface area contributed by atoms with Crippen LogP contribution in [-0.4, -0.2) is 25.1 Å². The van der Waals surface area contributed by atoms with Gasteiger partial charge < -0.3 is 20.5 Å². The number of hydrogen-bond acceptors (Lipinski definition) is 5. The maximum Gasteiger partial charge on any atom is 0.312 e. The molecule has 0 fully saturated rings. The van der Waals surface area contributed by atoms with Crippen LogP contribution in [0.5, 0.6) is 5.75 Å². The first kappa shape index (κ1) is 24.4. The minimum atomic E-state index is -0.371. The summed E-state index contributed by atoms with van der Waals surface area (Å²) < 4.78 is 11.3. The molecular formula is C28H29N3O3. The van der Waals surface area contributed by atoms with Crippen LogP contribution in [0.4, 0.5) is 5.69 Å². The zero-order valence-electron chi connectivity index (χ0n) is 19.5. The number of nitrogens with two attached hydrogens (primary N) is 1. The van der Waals surface area contributed by atoms with E-state index in [2.05, 4.69) is 24.1 Å². The SMILES string of the molecule is CCOc1c(C#Cc2ccccc2)cc(CC)cc1CC(=O)OCNc1ccc(C(=N)N)cc1. The van der Waals surface area contributed by atoms with Crippen molar-refractivity contribution in [3.05, 3.63) is 94.5 Å². The molecule has 0 bridgehead atoms. The van der Waals surface area contributed by atoms with E-state index in [0.717, 1.165) is 34.4 Å². The highest BCUT2D eigenvalue weighted by molar-refractivity contribution is 5.95. The third-order valence-electron chi connectivity index (χ3n) is 5.08. The van der Waals surface area contributed by atoms with E-state index in [1.54, 1.807) is 24.3 Å². The number of aryl methyl sites for hydroxylation is 1. The van der Waals surface area contributed by atoms with Crippen LogP contribution in [0.2, 0.25) is 0 Å². The summed E-state index contributed by atoms with van der Waals surface area (Å²) >= 11 is 0.